The summed E-state index contributed by atoms with van der Waals surface area (Å²) in [5.74, 6) is -0.468. The fourth-order valence-corrected chi connectivity index (χ4v) is 2.61. The zero-order valence-electron chi connectivity index (χ0n) is 10.9. The third-order valence-corrected chi connectivity index (χ3v) is 4.04. The number of halogens is 1. The van der Waals surface area contributed by atoms with E-state index < -0.39 is 15.8 Å². The van der Waals surface area contributed by atoms with Gasteiger partial charge in [0, 0.05) is 12.7 Å². The summed E-state index contributed by atoms with van der Waals surface area (Å²) in [6.45, 7) is 2.39. The Morgan fingerprint density at radius 3 is 2.85 bits per heavy atom. The second-order valence-electron chi connectivity index (χ2n) is 4.30. The van der Waals surface area contributed by atoms with Gasteiger partial charge in [-0.2, -0.15) is 5.10 Å². The molecule has 1 aromatic carbocycles. The number of hydrogen-bond donors (Lipinski definition) is 2. The number of rotatable bonds is 5. The Labute approximate surface area is 116 Å². The van der Waals surface area contributed by atoms with Crippen LogP contribution in [0.5, 0.6) is 0 Å². The number of aromatic nitrogens is 2. The molecule has 3 N–H and O–H groups in total. The third-order valence-electron chi connectivity index (χ3n) is 2.70. The molecule has 0 saturated heterocycles. The first-order chi connectivity index (χ1) is 9.42. The van der Waals surface area contributed by atoms with Crippen LogP contribution in [0.15, 0.2) is 35.5 Å². The molecule has 0 fully saturated rings. The fourth-order valence-electron chi connectivity index (χ4n) is 1.61. The Hall–Kier alpha value is -1.93. The quantitative estimate of drug-likeness (QED) is 0.864. The maximum absolute atomic E-state index is 13.4. The van der Waals surface area contributed by atoms with Crippen LogP contribution in [-0.4, -0.2) is 24.7 Å². The van der Waals surface area contributed by atoms with E-state index >= 15 is 0 Å². The van der Waals surface area contributed by atoms with Gasteiger partial charge >= 0.3 is 0 Å². The smallest absolute Gasteiger partial charge is 0.265 e. The van der Waals surface area contributed by atoms with E-state index in [1.165, 1.54) is 29.2 Å². The van der Waals surface area contributed by atoms with E-state index in [1.54, 1.807) is 6.92 Å². The topological polar surface area (TPSA) is 90.0 Å². The molecule has 0 atom stereocenters. The van der Waals surface area contributed by atoms with Crippen LogP contribution in [0.2, 0.25) is 0 Å². The van der Waals surface area contributed by atoms with E-state index in [-0.39, 0.29) is 10.6 Å². The second-order valence-corrected chi connectivity index (χ2v) is 5.98. The molecule has 0 saturated carbocycles. The molecule has 6 nitrogen and oxygen atoms in total. The number of hydrogen-bond acceptors (Lipinski definition) is 4. The van der Waals surface area contributed by atoms with Crippen LogP contribution in [-0.2, 0) is 16.6 Å². The van der Waals surface area contributed by atoms with Crippen LogP contribution < -0.4 is 10.5 Å². The molecular weight excluding hydrogens is 283 g/mol. The van der Waals surface area contributed by atoms with E-state index in [9.17, 15) is 12.8 Å². The van der Waals surface area contributed by atoms with Crippen molar-refractivity contribution in [2.75, 3.05) is 11.3 Å². The lowest BCUT2D eigenvalue weighted by Crippen LogP contribution is -2.13. The van der Waals surface area contributed by atoms with Gasteiger partial charge in [0.05, 0.1) is 18.4 Å². The highest BCUT2D eigenvalue weighted by Gasteiger charge is 2.17. The Morgan fingerprint density at radius 1 is 1.45 bits per heavy atom. The third kappa shape index (κ3) is 3.14. The molecule has 0 unspecified atom stereocenters. The Bertz CT molecular complexity index is 712. The average molecular weight is 298 g/mol. The summed E-state index contributed by atoms with van der Waals surface area (Å²) in [6.07, 6.45) is 2.60. The standard InChI is InChI=1S/C12H15FN4O2S/c1-9-2-3-10(6-12(9)13)16-20(18,19)11-7-15-17(8-11)5-4-14/h2-3,6-8,16H,4-5,14H2,1H3. The van der Waals surface area contributed by atoms with Gasteiger partial charge in [0.1, 0.15) is 10.7 Å². The van der Waals surface area contributed by atoms with E-state index in [1.807, 2.05) is 0 Å². The highest BCUT2D eigenvalue weighted by molar-refractivity contribution is 7.92. The van der Waals surface area contributed by atoms with Crippen molar-refractivity contribution >= 4 is 15.7 Å². The molecule has 1 aromatic heterocycles. The number of nitrogens with one attached hydrogen (secondary N) is 1. The molecule has 1 heterocycles. The van der Waals surface area contributed by atoms with Crippen molar-refractivity contribution in [1.82, 2.24) is 9.78 Å². The lowest BCUT2D eigenvalue weighted by atomic mass is 10.2. The van der Waals surface area contributed by atoms with Crippen molar-refractivity contribution in [3.63, 3.8) is 0 Å². The monoisotopic (exact) mass is 298 g/mol. The van der Waals surface area contributed by atoms with Gasteiger partial charge in [-0.05, 0) is 24.6 Å². The molecule has 0 aliphatic heterocycles. The van der Waals surface area contributed by atoms with E-state index in [0.717, 1.165) is 6.07 Å². The molecule has 20 heavy (non-hydrogen) atoms. The normalized spacial score (nSPS) is 11.6. The lowest BCUT2D eigenvalue weighted by Gasteiger charge is -2.07. The van der Waals surface area contributed by atoms with Crippen LogP contribution in [0, 0.1) is 12.7 Å². The Kier molecular flexibility index (Phi) is 4.05. The molecule has 0 amide bonds. The summed E-state index contributed by atoms with van der Waals surface area (Å²) in [7, 11) is -3.78. The maximum atomic E-state index is 13.4. The van der Waals surface area contributed by atoms with Gasteiger partial charge in [0.2, 0.25) is 0 Å². The Balaban J connectivity index is 2.23. The van der Waals surface area contributed by atoms with Crippen molar-refractivity contribution in [2.45, 2.75) is 18.4 Å². The minimum Gasteiger partial charge on any atom is -0.329 e. The van der Waals surface area contributed by atoms with Crippen molar-refractivity contribution in [1.29, 1.82) is 0 Å². The van der Waals surface area contributed by atoms with Crippen molar-refractivity contribution in [3.05, 3.63) is 42.0 Å². The minimum absolute atomic E-state index is 0.00642. The van der Waals surface area contributed by atoms with Crippen LogP contribution in [0.25, 0.3) is 0 Å². The zero-order chi connectivity index (χ0) is 14.8. The van der Waals surface area contributed by atoms with E-state index in [0.29, 0.717) is 18.7 Å². The molecule has 0 radical (unpaired) electrons. The van der Waals surface area contributed by atoms with Gasteiger partial charge in [0.25, 0.3) is 10.0 Å². The first-order valence-electron chi connectivity index (χ1n) is 5.94. The van der Waals surface area contributed by atoms with Crippen LogP contribution in [0.4, 0.5) is 10.1 Å². The summed E-state index contributed by atoms with van der Waals surface area (Å²) in [5.41, 5.74) is 5.98. The molecule has 2 aromatic rings. The van der Waals surface area contributed by atoms with E-state index in [4.69, 9.17) is 5.73 Å². The number of benzene rings is 1. The molecule has 0 aliphatic carbocycles. The van der Waals surface area contributed by atoms with Crippen LogP contribution in [0.3, 0.4) is 0 Å². The summed E-state index contributed by atoms with van der Waals surface area (Å²) in [4.78, 5) is 0.00642. The van der Waals surface area contributed by atoms with Gasteiger partial charge in [-0.1, -0.05) is 6.07 Å². The molecule has 2 rings (SSSR count). The average Bonchev–Trinajstić information content (AvgIpc) is 2.83. The number of nitrogens with zero attached hydrogens (tertiary/aromatic N) is 2. The zero-order valence-corrected chi connectivity index (χ0v) is 11.7. The van der Waals surface area contributed by atoms with Crippen LogP contribution in [0.1, 0.15) is 5.56 Å². The van der Waals surface area contributed by atoms with E-state index in [2.05, 4.69) is 9.82 Å². The minimum atomic E-state index is -3.78. The summed E-state index contributed by atoms with van der Waals surface area (Å²) < 4.78 is 41.3. The highest BCUT2D eigenvalue weighted by atomic mass is 32.2. The number of nitrogens with two attached hydrogens (primary N) is 1. The molecule has 108 valence electrons. The maximum Gasteiger partial charge on any atom is 0.265 e. The first kappa shape index (κ1) is 14.5. The van der Waals surface area contributed by atoms with Gasteiger partial charge in [0.15, 0.2) is 0 Å². The Morgan fingerprint density at radius 2 is 2.20 bits per heavy atom. The molecule has 0 bridgehead atoms. The lowest BCUT2D eigenvalue weighted by molar-refractivity contribution is 0.599. The highest BCUT2D eigenvalue weighted by Crippen LogP contribution is 2.18. The summed E-state index contributed by atoms with van der Waals surface area (Å²) in [5, 5.41) is 3.89. The largest absolute Gasteiger partial charge is 0.329 e. The fraction of sp³-hybridized carbons (Fsp3) is 0.250. The second kappa shape index (κ2) is 5.59. The SMILES string of the molecule is Cc1ccc(NS(=O)(=O)c2cnn(CCN)c2)cc1F. The van der Waals surface area contributed by atoms with Gasteiger partial charge in [-0.25, -0.2) is 12.8 Å². The van der Waals surface area contributed by atoms with Gasteiger partial charge in [-0.3, -0.25) is 9.40 Å². The predicted octanol–water partition coefficient (Wildman–Crippen LogP) is 1.09. The van der Waals surface area contributed by atoms with Gasteiger partial charge < -0.3 is 5.73 Å². The molecule has 0 aliphatic rings. The number of sulfonamides is 1. The van der Waals surface area contributed by atoms with Crippen molar-refractivity contribution < 1.29 is 12.8 Å². The predicted molar refractivity (Wildman–Crippen MR) is 73.2 cm³/mol. The summed E-state index contributed by atoms with van der Waals surface area (Å²) >= 11 is 0. The summed E-state index contributed by atoms with van der Waals surface area (Å²) in [6, 6.07) is 4.14. The first-order valence-corrected chi connectivity index (χ1v) is 7.42. The van der Waals surface area contributed by atoms with Crippen molar-refractivity contribution in [3.8, 4) is 0 Å². The van der Waals surface area contributed by atoms with Gasteiger partial charge in [-0.15, -0.1) is 0 Å². The van der Waals surface area contributed by atoms with Crippen LogP contribution >= 0.6 is 0 Å². The molecule has 0 spiro atoms. The number of aryl methyl sites for hydroxylation is 1. The van der Waals surface area contributed by atoms with Crippen molar-refractivity contribution in [2.24, 2.45) is 5.73 Å². The number of anilines is 1. The molecule has 8 heteroatoms. The molecular formula is C12H15FN4O2S.